The number of primary amides is 2. The maximum atomic E-state index is 13.5. The Morgan fingerprint density at radius 2 is 1.51 bits per heavy atom. The molecular weight excluding hydrogens is 542 g/mol. The predicted octanol–water partition coefficient (Wildman–Crippen LogP) is 2.48. The lowest BCUT2D eigenvalue weighted by Gasteiger charge is -2.30. The smallest absolute Gasteiger partial charge is 0.251 e. The number of carbonyl (C=O) groups is 4. The highest BCUT2D eigenvalue weighted by Gasteiger charge is 2.32. The quantitative estimate of drug-likeness (QED) is 0.248. The SMILES string of the molecule is CC(C)S(=O)(=O)CC(CSC(C)(C)COC(C)(C)C)C(=O)c1ccc(C(=O)N[C@@H](CCC(N)=O)C(N)=O)cc1. The molecule has 10 nitrogen and oxygen atoms in total. The van der Waals surface area contributed by atoms with Gasteiger partial charge in [0.15, 0.2) is 15.6 Å². The molecule has 1 aromatic rings. The summed E-state index contributed by atoms with van der Waals surface area (Å²) in [5.74, 6) is -3.22. The van der Waals surface area contributed by atoms with E-state index in [2.05, 4.69) is 5.32 Å². The fourth-order valence-electron chi connectivity index (χ4n) is 3.27. The molecule has 0 aliphatic carbocycles. The average molecular weight is 586 g/mol. The van der Waals surface area contributed by atoms with Gasteiger partial charge >= 0.3 is 0 Å². The number of ether oxygens (including phenoxy) is 1. The van der Waals surface area contributed by atoms with Crippen LogP contribution in [0.25, 0.3) is 0 Å². The van der Waals surface area contributed by atoms with Crippen LogP contribution in [0.15, 0.2) is 24.3 Å². The number of thioether (sulfide) groups is 1. The summed E-state index contributed by atoms with van der Waals surface area (Å²) in [7, 11) is -3.51. The second-order valence-corrected chi connectivity index (χ2v) is 15.8. The Morgan fingerprint density at radius 3 is 1.97 bits per heavy atom. The van der Waals surface area contributed by atoms with Crippen molar-refractivity contribution in [3.63, 3.8) is 0 Å². The van der Waals surface area contributed by atoms with Gasteiger partial charge in [-0.25, -0.2) is 8.42 Å². The van der Waals surface area contributed by atoms with E-state index in [4.69, 9.17) is 16.2 Å². The minimum atomic E-state index is -3.51. The zero-order chi connectivity index (χ0) is 30.2. The Kier molecular flexibility index (Phi) is 12.7. The number of Topliss-reactive ketones (excluding diaryl/α,β-unsaturated/α-hetero) is 1. The van der Waals surface area contributed by atoms with Crippen LogP contribution >= 0.6 is 11.8 Å². The largest absolute Gasteiger partial charge is 0.374 e. The molecule has 0 spiro atoms. The fourth-order valence-corrected chi connectivity index (χ4v) is 5.69. The molecule has 3 amide bonds. The van der Waals surface area contributed by atoms with E-state index in [0.717, 1.165) is 0 Å². The summed E-state index contributed by atoms with van der Waals surface area (Å²) in [6.07, 6.45) is -0.160. The van der Waals surface area contributed by atoms with E-state index in [0.29, 0.717) is 6.61 Å². The molecular formula is C27H43N3O7S2. The van der Waals surface area contributed by atoms with Gasteiger partial charge < -0.3 is 21.5 Å². The average Bonchev–Trinajstić information content (AvgIpc) is 2.81. The molecule has 0 bridgehead atoms. The number of hydrogen-bond acceptors (Lipinski definition) is 8. The molecule has 39 heavy (non-hydrogen) atoms. The lowest BCUT2D eigenvalue weighted by Crippen LogP contribution is -2.44. The molecule has 0 heterocycles. The topological polar surface area (TPSA) is 176 Å². The molecule has 1 unspecified atom stereocenters. The number of ketones is 1. The Morgan fingerprint density at radius 1 is 0.974 bits per heavy atom. The van der Waals surface area contributed by atoms with Crippen molar-refractivity contribution in [2.75, 3.05) is 18.1 Å². The highest BCUT2D eigenvalue weighted by Crippen LogP contribution is 2.30. The number of hydrogen-bond donors (Lipinski definition) is 3. The van der Waals surface area contributed by atoms with E-state index in [1.807, 2.05) is 34.6 Å². The van der Waals surface area contributed by atoms with Gasteiger partial charge in [0.25, 0.3) is 5.91 Å². The Hall–Kier alpha value is -2.44. The van der Waals surface area contributed by atoms with Gasteiger partial charge in [-0.15, -0.1) is 0 Å². The first kappa shape index (κ1) is 34.6. The molecule has 0 fully saturated rings. The number of nitrogens with one attached hydrogen (secondary N) is 1. The molecule has 2 atom stereocenters. The van der Waals surface area contributed by atoms with Gasteiger partial charge in [-0.1, -0.05) is 12.1 Å². The summed E-state index contributed by atoms with van der Waals surface area (Å²) in [5.41, 5.74) is 10.5. The van der Waals surface area contributed by atoms with Gasteiger partial charge in [0.1, 0.15) is 6.04 Å². The van der Waals surface area contributed by atoms with E-state index in [1.54, 1.807) is 13.8 Å². The van der Waals surface area contributed by atoms with Crippen molar-refractivity contribution in [1.29, 1.82) is 0 Å². The fraction of sp³-hybridized carbons (Fsp3) is 0.630. The van der Waals surface area contributed by atoms with Gasteiger partial charge in [0.2, 0.25) is 11.8 Å². The molecule has 1 rings (SSSR count). The van der Waals surface area contributed by atoms with Crippen LogP contribution in [0.1, 0.15) is 82.0 Å². The number of sulfone groups is 1. The number of rotatable bonds is 16. The lowest BCUT2D eigenvalue weighted by atomic mass is 9.99. The summed E-state index contributed by atoms with van der Waals surface area (Å²) in [6.45, 7) is 13.4. The van der Waals surface area contributed by atoms with Crippen LogP contribution in [-0.2, 0) is 24.2 Å². The molecule has 0 aliphatic rings. The normalized spacial score (nSPS) is 14.1. The first-order valence-electron chi connectivity index (χ1n) is 12.8. The summed E-state index contributed by atoms with van der Waals surface area (Å²) in [5, 5.41) is 1.83. The number of carbonyl (C=O) groups excluding carboxylic acids is 4. The second kappa shape index (κ2) is 14.3. The molecule has 0 saturated heterocycles. The summed E-state index contributed by atoms with van der Waals surface area (Å²) in [4.78, 5) is 48.7. The second-order valence-electron chi connectivity index (χ2n) is 11.4. The van der Waals surface area contributed by atoms with Crippen molar-refractivity contribution in [3.05, 3.63) is 35.4 Å². The van der Waals surface area contributed by atoms with Crippen molar-refractivity contribution < 1.29 is 32.3 Å². The minimum Gasteiger partial charge on any atom is -0.374 e. The molecule has 12 heteroatoms. The van der Waals surface area contributed by atoms with Gasteiger partial charge in [0.05, 0.1) is 23.2 Å². The zero-order valence-electron chi connectivity index (χ0n) is 23.9. The van der Waals surface area contributed by atoms with Gasteiger partial charge in [-0.2, -0.15) is 11.8 Å². The van der Waals surface area contributed by atoms with E-state index >= 15 is 0 Å². The maximum Gasteiger partial charge on any atom is 0.251 e. The monoisotopic (exact) mass is 585 g/mol. The first-order valence-corrected chi connectivity index (χ1v) is 15.5. The first-order chi connectivity index (χ1) is 17.7. The molecule has 0 aromatic heterocycles. The van der Waals surface area contributed by atoms with E-state index < -0.39 is 44.8 Å². The van der Waals surface area contributed by atoms with Gasteiger partial charge in [0, 0.05) is 34.0 Å². The summed E-state index contributed by atoms with van der Waals surface area (Å²) >= 11 is 1.48. The standard InChI is InChI=1S/C27H43N3O7S2/c1-17(2)39(35,36)15-20(14-38-27(6,7)16-37-26(3,4)5)23(32)18-8-10-19(11-9-18)25(34)30-21(24(29)33)12-13-22(28)31/h8-11,17,20-21H,12-16H2,1-7H3,(H2,28,31)(H2,29,33)(H,30,34)/t20?,21-/m0/s1. The van der Waals surface area contributed by atoms with Crippen LogP contribution < -0.4 is 16.8 Å². The van der Waals surface area contributed by atoms with Crippen molar-refractivity contribution in [1.82, 2.24) is 5.32 Å². The summed E-state index contributed by atoms with van der Waals surface area (Å²) < 4.78 is 31.0. The minimum absolute atomic E-state index is 0.0339. The maximum absolute atomic E-state index is 13.5. The van der Waals surface area contributed by atoms with Crippen LogP contribution in [0.4, 0.5) is 0 Å². The van der Waals surface area contributed by atoms with Crippen LogP contribution in [0, 0.1) is 5.92 Å². The number of benzene rings is 1. The van der Waals surface area contributed by atoms with E-state index in [-0.39, 0.29) is 51.6 Å². The highest BCUT2D eigenvalue weighted by atomic mass is 32.2. The van der Waals surface area contributed by atoms with Crippen molar-refractivity contribution in [2.45, 2.75) is 82.9 Å². The van der Waals surface area contributed by atoms with Crippen molar-refractivity contribution >= 4 is 45.1 Å². The van der Waals surface area contributed by atoms with E-state index in [9.17, 15) is 27.6 Å². The molecule has 1 aromatic carbocycles. The summed E-state index contributed by atoms with van der Waals surface area (Å²) in [6, 6.07) is 4.65. The third-order valence-electron chi connectivity index (χ3n) is 5.81. The third kappa shape index (κ3) is 12.5. The van der Waals surface area contributed by atoms with Crippen LogP contribution in [0.2, 0.25) is 0 Å². The van der Waals surface area contributed by atoms with Crippen molar-refractivity contribution in [2.24, 2.45) is 17.4 Å². The number of nitrogens with two attached hydrogens (primary N) is 2. The lowest BCUT2D eigenvalue weighted by molar-refractivity contribution is -0.120. The van der Waals surface area contributed by atoms with Gasteiger partial charge in [-0.3, -0.25) is 19.2 Å². The van der Waals surface area contributed by atoms with Crippen LogP contribution in [0.3, 0.4) is 0 Å². The zero-order valence-corrected chi connectivity index (χ0v) is 25.5. The Balaban J connectivity index is 3.08. The predicted molar refractivity (Wildman–Crippen MR) is 154 cm³/mol. The molecule has 0 radical (unpaired) electrons. The number of amides is 3. The third-order valence-corrected chi connectivity index (χ3v) is 9.58. The molecule has 220 valence electrons. The Bertz CT molecular complexity index is 1130. The molecule has 0 aliphatic heterocycles. The van der Waals surface area contributed by atoms with Gasteiger partial charge in [-0.05, 0) is 67.0 Å². The molecule has 5 N–H and O–H groups in total. The van der Waals surface area contributed by atoms with Crippen molar-refractivity contribution in [3.8, 4) is 0 Å². The van der Waals surface area contributed by atoms with Crippen LogP contribution in [0.5, 0.6) is 0 Å². The Labute approximate surface area is 236 Å². The van der Waals surface area contributed by atoms with E-state index in [1.165, 1.54) is 36.0 Å². The highest BCUT2D eigenvalue weighted by molar-refractivity contribution is 8.00. The van der Waals surface area contributed by atoms with Crippen LogP contribution in [-0.4, -0.2) is 71.7 Å². The molecule has 0 saturated carbocycles.